The molecular weight excluding hydrogens is 368 g/mol. The summed E-state index contributed by atoms with van der Waals surface area (Å²) in [6.45, 7) is -2.62. The molecular formula is C17H14ClF2N3O3. The lowest BCUT2D eigenvalue weighted by atomic mass is 10.2. The number of hydrogen-bond acceptors (Lipinski definition) is 6. The molecule has 6 nitrogen and oxygen atoms in total. The molecule has 0 unspecified atom stereocenters. The van der Waals surface area contributed by atoms with E-state index in [0.717, 1.165) is 5.69 Å². The van der Waals surface area contributed by atoms with Crippen molar-refractivity contribution in [2.75, 3.05) is 12.4 Å². The number of benzene rings is 2. The first-order valence-electron chi connectivity index (χ1n) is 7.50. The van der Waals surface area contributed by atoms with E-state index in [4.69, 9.17) is 20.9 Å². The molecule has 2 aromatic carbocycles. The summed E-state index contributed by atoms with van der Waals surface area (Å²) in [5.74, 6) is 0.745. The van der Waals surface area contributed by atoms with Crippen molar-refractivity contribution in [3.8, 4) is 22.9 Å². The number of methoxy groups -OCH3 is 1. The first kappa shape index (κ1) is 17.9. The number of ether oxygens (including phenoxy) is 2. The van der Waals surface area contributed by atoms with Crippen molar-refractivity contribution in [3.63, 3.8) is 0 Å². The number of halogens is 3. The fraction of sp³-hybridized carbons (Fsp3) is 0.176. The van der Waals surface area contributed by atoms with Gasteiger partial charge in [0.05, 0.1) is 13.7 Å². The van der Waals surface area contributed by atoms with Gasteiger partial charge in [0.15, 0.2) is 11.5 Å². The molecule has 0 saturated heterocycles. The molecule has 136 valence electrons. The van der Waals surface area contributed by atoms with E-state index in [0.29, 0.717) is 28.8 Å². The second-order valence-corrected chi connectivity index (χ2v) is 5.55. The van der Waals surface area contributed by atoms with Crippen LogP contribution in [0.5, 0.6) is 11.5 Å². The van der Waals surface area contributed by atoms with Gasteiger partial charge in [0, 0.05) is 16.3 Å². The molecule has 1 heterocycles. The van der Waals surface area contributed by atoms with E-state index >= 15 is 0 Å². The fourth-order valence-electron chi connectivity index (χ4n) is 2.19. The highest BCUT2D eigenvalue weighted by molar-refractivity contribution is 6.30. The Morgan fingerprint density at radius 3 is 2.62 bits per heavy atom. The minimum absolute atomic E-state index is 0.0700. The lowest BCUT2D eigenvalue weighted by Gasteiger charge is -2.10. The van der Waals surface area contributed by atoms with Gasteiger partial charge >= 0.3 is 6.61 Å². The minimum atomic E-state index is -2.94. The molecule has 1 aromatic heterocycles. The van der Waals surface area contributed by atoms with E-state index in [9.17, 15) is 8.78 Å². The molecule has 0 aliphatic heterocycles. The zero-order chi connectivity index (χ0) is 18.5. The smallest absolute Gasteiger partial charge is 0.387 e. The SMILES string of the molecule is COc1cc(-c2noc(CNc3ccc(Cl)cc3)n2)ccc1OC(F)F. The first-order chi connectivity index (χ1) is 12.5. The van der Waals surface area contributed by atoms with Gasteiger partial charge in [-0.25, -0.2) is 0 Å². The molecule has 0 fully saturated rings. The normalized spacial score (nSPS) is 10.8. The number of alkyl halides is 2. The number of nitrogens with one attached hydrogen (secondary N) is 1. The number of aromatic nitrogens is 2. The molecule has 0 amide bonds. The van der Waals surface area contributed by atoms with Gasteiger partial charge in [0.2, 0.25) is 11.7 Å². The number of anilines is 1. The molecule has 0 saturated carbocycles. The van der Waals surface area contributed by atoms with Crippen LogP contribution in [0.15, 0.2) is 47.0 Å². The maximum Gasteiger partial charge on any atom is 0.387 e. The van der Waals surface area contributed by atoms with E-state index in [1.54, 1.807) is 18.2 Å². The third-order valence-electron chi connectivity index (χ3n) is 3.39. The van der Waals surface area contributed by atoms with Gasteiger partial charge < -0.3 is 19.3 Å². The number of nitrogens with zero attached hydrogens (tertiary/aromatic N) is 2. The van der Waals surface area contributed by atoms with Crippen LogP contribution in [-0.2, 0) is 6.54 Å². The van der Waals surface area contributed by atoms with Gasteiger partial charge in [-0.3, -0.25) is 0 Å². The molecule has 3 rings (SSSR count). The highest BCUT2D eigenvalue weighted by Crippen LogP contribution is 2.32. The van der Waals surface area contributed by atoms with Gasteiger partial charge in [-0.15, -0.1) is 0 Å². The zero-order valence-corrected chi connectivity index (χ0v) is 14.3. The van der Waals surface area contributed by atoms with Crippen molar-refractivity contribution in [1.29, 1.82) is 0 Å². The Balaban J connectivity index is 1.71. The van der Waals surface area contributed by atoms with Crippen molar-refractivity contribution < 1.29 is 22.8 Å². The molecule has 1 N–H and O–H groups in total. The quantitative estimate of drug-likeness (QED) is 0.644. The summed E-state index contributed by atoms with van der Waals surface area (Å²) in [5, 5.41) is 7.65. The number of rotatable bonds is 7. The Hall–Kier alpha value is -2.87. The summed E-state index contributed by atoms with van der Waals surface area (Å²) < 4.78 is 39.4. The van der Waals surface area contributed by atoms with E-state index < -0.39 is 6.61 Å². The molecule has 0 aliphatic rings. The van der Waals surface area contributed by atoms with Gasteiger partial charge in [-0.1, -0.05) is 16.8 Å². The van der Waals surface area contributed by atoms with Crippen LogP contribution in [0.25, 0.3) is 11.4 Å². The number of hydrogen-bond donors (Lipinski definition) is 1. The highest BCUT2D eigenvalue weighted by Gasteiger charge is 2.14. The summed E-state index contributed by atoms with van der Waals surface area (Å²) in [7, 11) is 1.36. The molecule has 0 atom stereocenters. The lowest BCUT2D eigenvalue weighted by Crippen LogP contribution is -2.03. The van der Waals surface area contributed by atoms with Crippen LogP contribution in [0.1, 0.15) is 5.89 Å². The van der Waals surface area contributed by atoms with Crippen LogP contribution >= 0.6 is 11.6 Å². The summed E-state index contributed by atoms with van der Waals surface area (Å²) in [5.41, 5.74) is 1.40. The molecule has 0 spiro atoms. The van der Waals surface area contributed by atoms with Gasteiger partial charge in [0.1, 0.15) is 0 Å². The standard InChI is InChI=1S/C17H14ClF2N3O3/c1-24-14-8-10(2-7-13(14)25-17(19)20)16-22-15(26-23-16)9-21-12-5-3-11(18)4-6-12/h2-8,17,21H,9H2,1H3. The Labute approximate surface area is 152 Å². The van der Waals surface area contributed by atoms with Gasteiger partial charge in [-0.2, -0.15) is 13.8 Å². The van der Waals surface area contributed by atoms with Crippen molar-refractivity contribution in [1.82, 2.24) is 10.1 Å². The molecule has 26 heavy (non-hydrogen) atoms. The van der Waals surface area contributed by atoms with E-state index in [1.165, 1.54) is 19.2 Å². The zero-order valence-electron chi connectivity index (χ0n) is 13.6. The van der Waals surface area contributed by atoms with Crippen molar-refractivity contribution in [2.24, 2.45) is 0 Å². The Morgan fingerprint density at radius 1 is 1.15 bits per heavy atom. The fourth-order valence-corrected chi connectivity index (χ4v) is 2.32. The summed E-state index contributed by atoms with van der Waals surface area (Å²) in [6.07, 6.45) is 0. The first-order valence-corrected chi connectivity index (χ1v) is 7.88. The molecule has 0 radical (unpaired) electrons. The van der Waals surface area contributed by atoms with Gasteiger partial charge in [-0.05, 0) is 42.5 Å². The maximum absolute atomic E-state index is 12.4. The Morgan fingerprint density at radius 2 is 1.92 bits per heavy atom. The summed E-state index contributed by atoms with van der Waals surface area (Å²) in [4.78, 5) is 4.27. The van der Waals surface area contributed by atoms with Crippen LogP contribution < -0.4 is 14.8 Å². The average molecular weight is 382 g/mol. The molecule has 0 bridgehead atoms. The van der Waals surface area contributed by atoms with Crippen molar-refractivity contribution in [2.45, 2.75) is 13.2 Å². The monoisotopic (exact) mass is 381 g/mol. The van der Waals surface area contributed by atoms with E-state index in [1.807, 2.05) is 12.1 Å². The average Bonchev–Trinajstić information content (AvgIpc) is 3.10. The third kappa shape index (κ3) is 4.40. The predicted molar refractivity (Wildman–Crippen MR) is 91.7 cm³/mol. The maximum atomic E-state index is 12.4. The molecule has 3 aromatic rings. The van der Waals surface area contributed by atoms with Crippen LogP contribution in [-0.4, -0.2) is 23.9 Å². The summed E-state index contributed by atoms with van der Waals surface area (Å²) >= 11 is 5.83. The van der Waals surface area contributed by atoms with Crippen LogP contribution in [0.2, 0.25) is 5.02 Å². The molecule has 9 heteroatoms. The van der Waals surface area contributed by atoms with Crippen LogP contribution in [0.3, 0.4) is 0 Å². The second-order valence-electron chi connectivity index (χ2n) is 5.12. The van der Waals surface area contributed by atoms with Crippen LogP contribution in [0, 0.1) is 0 Å². The lowest BCUT2D eigenvalue weighted by molar-refractivity contribution is -0.0512. The second kappa shape index (κ2) is 8.01. The van der Waals surface area contributed by atoms with Crippen molar-refractivity contribution in [3.05, 3.63) is 53.4 Å². The topological polar surface area (TPSA) is 69.4 Å². The predicted octanol–water partition coefficient (Wildman–Crippen LogP) is 4.61. The Bertz CT molecular complexity index is 872. The van der Waals surface area contributed by atoms with E-state index in [2.05, 4.69) is 20.2 Å². The highest BCUT2D eigenvalue weighted by atomic mass is 35.5. The third-order valence-corrected chi connectivity index (χ3v) is 3.65. The van der Waals surface area contributed by atoms with Crippen LogP contribution in [0.4, 0.5) is 14.5 Å². The minimum Gasteiger partial charge on any atom is -0.493 e. The van der Waals surface area contributed by atoms with E-state index in [-0.39, 0.29) is 11.5 Å². The largest absolute Gasteiger partial charge is 0.493 e. The Kier molecular flexibility index (Phi) is 5.52. The molecule has 0 aliphatic carbocycles. The summed E-state index contributed by atoms with van der Waals surface area (Å²) in [6, 6.07) is 11.6. The van der Waals surface area contributed by atoms with Gasteiger partial charge in [0.25, 0.3) is 0 Å². The van der Waals surface area contributed by atoms with Crippen molar-refractivity contribution >= 4 is 17.3 Å².